The molecular weight excluding hydrogens is 252 g/mol. The van der Waals surface area contributed by atoms with E-state index in [2.05, 4.69) is 0 Å². The third kappa shape index (κ3) is 2.89. The molecule has 2 N–H and O–H groups in total. The largest absolute Gasteiger partial charge is 0.324 e. The van der Waals surface area contributed by atoms with Crippen LogP contribution >= 0.6 is 11.8 Å². The first-order valence-corrected chi connectivity index (χ1v) is 6.37. The average Bonchev–Trinajstić information content (AvgIpc) is 2.31. The van der Waals surface area contributed by atoms with Crippen LogP contribution in [0.3, 0.4) is 0 Å². The monoisotopic (exact) mass is 265 g/mol. The second-order valence-electron chi connectivity index (χ2n) is 4.01. The maximum atomic E-state index is 13.8. The van der Waals surface area contributed by atoms with E-state index < -0.39 is 0 Å². The van der Waals surface area contributed by atoms with E-state index in [-0.39, 0.29) is 17.7 Å². The predicted octanol–water partition coefficient (Wildman–Crippen LogP) is 4.14. The zero-order valence-corrected chi connectivity index (χ0v) is 10.7. The lowest BCUT2D eigenvalue weighted by atomic mass is 10.1. The van der Waals surface area contributed by atoms with Crippen molar-refractivity contribution in [3.8, 4) is 0 Å². The van der Waals surface area contributed by atoms with Crippen LogP contribution in [0.2, 0.25) is 0 Å². The van der Waals surface area contributed by atoms with Gasteiger partial charge in [-0.2, -0.15) is 0 Å². The summed E-state index contributed by atoms with van der Waals surface area (Å²) >= 11 is 1.19. The van der Waals surface area contributed by atoms with Crippen molar-refractivity contribution in [2.24, 2.45) is 5.73 Å². The Morgan fingerprint density at radius 2 is 1.83 bits per heavy atom. The molecule has 2 rings (SSSR count). The molecule has 18 heavy (non-hydrogen) atoms. The first kappa shape index (κ1) is 13.1. The second kappa shape index (κ2) is 5.50. The van der Waals surface area contributed by atoms with E-state index in [0.717, 1.165) is 5.56 Å². The molecule has 0 saturated heterocycles. The maximum absolute atomic E-state index is 13.8. The molecule has 2 aromatic rings. The molecule has 0 saturated carbocycles. The van der Waals surface area contributed by atoms with E-state index in [4.69, 9.17) is 5.73 Å². The lowest BCUT2D eigenvalue weighted by Crippen LogP contribution is -2.07. The third-order valence-corrected chi connectivity index (χ3v) is 3.63. The zero-order valence-electron chi connectivity index (χ0n) is 9.86. The molecule has 0 bridgehead atoms. The Kier molecular flexibility index (Phi) is 3.99. The molecule has 0 aromatic heterocycles. The van der Waals surface area contributed by atoms with Crippen LogP contribution in [0.4, 0.5) is 8.78 Å². The van der Waals surface area contributed by atoms with Crippen molar-refractivity contribution in [3.63, 3.8) is 0 Å². The number of benzene rings is 2. The summed E-state index contributed by atoms with van der Waals surface area (Å²) in [5, 5.41) is 0. The average molecular weight is 265 g/mol. The van der Waals surface area contributed by atoms with E-state index in [0.29, 0.717) is 9.79 Å². The topological polar surface area (TPSA) is 26.0 Å². The molecule has 0 heterocycles. The first-order valence-electron chi connectivity index (χ1n) is 5.55. The highest BCUT2D eigenvalue weighted by atomic mass is 32.2. The van der Waals surface area contributed by atoms with Crippen molar-refractivity contribution in [1.82, 2.24) is 0 Å². The summed E-state index contributed by atoms with van der Waals surface area (Å²) in [6.07, 6.45) is 0. The van der Waals surface area contributed by atoms with Crippen molar-refractivity contribution in [2.45, 2.75) is 22.8 Å². The summed E-state index contributed by atoms with van der Waals surface area (Å²) in [4.78, 5) is 1.11. The van der Waals surface area contributed by atoms with Crippen molar-refractivity contribution < 1.29 is 8.78 Å². The minimum absolute atomic E-state index is 0.267. The smallest absolute Gasteiger partial charge is 0.137 e. The SMILES string of the molecule is C[C@H](N)c1cccc(F)c1Sc1cccc(F)c1. The van der Waals surface area contributed by atoms with Crippen LogP contribution in [0.25, 0.3) is 0 Å². The molecule has 4 heteroatoms. The van der Waals surface area contributed by atoms with Gasteiger partial charge in [-0.1, -0.05) is 30.0 Å². The van der Waals surface area contributed by atoms with E-state index in [1.165, 1.54) is 30.0 Å². The minimum Gasteiger partial charge on any atom is -0.324 e. The zero-order chi connectivity index (χ0) is 13.1. The van der Waals surface area contributed by atoms with Gasteiger partial charge >= 0.3 is 0 Å². The molecule has 2 aromatic carbocycles. The fourth-order valence-corrected chi connectivity index (χ4v) is 2.73. The molecule has 1 nitrogen and oxygen atoms in total. The molecule has 0 fully saturated rings. The highest BCUT2D eigenvalue weighted by Crippen LogP contribution is 2.34. The quantitative estimate of drug-likeness (QED) is 0.902. The normalized spacial score (nSPS) is 12.4. The third-order valence-electron chi connectivity index (χ3n) is 2.50. The molecule has 0 spiro atoms. The van der Waals surface area contributed by atoms with Gasteiger partial charge in [-0.3, -0.25) is 0 Å². The van der Waals surface area contributed by atoms with Gasteiger partial charge in [-0.25, -0.2) is 8.78 Å². The summed E-state index contributed by atoms with van der Waals surface area (Å²) in [6.45, 7) is 1.80. The summed E-state index contributed by atoms with van der Waals surface area (Å²) in [7, 11) is 0. The summed E-state index contributed by atoms with van der Waals surface area (Å²) in [5.41, 5.74) is 6.54. The summed E-state index contributed by atoms with van der Waals surface area (Å²) < 4.78 is 26.9. The van der Waals surface area contributed by atoms with E-state index >= 15 is 0 Å². The summed E-state index contributed by atoms with van der Waals surface area (Å²) in [5.74, 6) is -0.669. The highest BCUT2D eigenvalue weighted by molar-refractivity contribution is 7.99. The molecular formula is C14H13F2NS. The number of nitrogens with two attached hydrogens (primary N) is 1. The Morgan fingerprint density at radius 1 is 1.11 bits per heavy atom. The van der Waals surface area contributed by atoms with Crippen LogP contribution in [0.5, 0.6) is 0 Å². The van der Waals surface area contributed by atoms with Gasteiger partial charge in [0.15, 0.2) is 0 Å². The van der Waals surface area contributed by atoms with Gasteiger partial charge in [0, 0.05) is 10.9 Å². The fourth-order valence-electron chi connectivity index (χ4n) is 1.64. The molecule has 0 aliphatic heterocycles. The number of halogens is 2. The lowest BCUT2D eigenvalue weighted by molar-refractivity contribution is 0.591. The van der Waals surface area contributed by atoms with Crippen molar-refractivity contribution in [1.29, 1.82) is 0 Å². The van der Waals surface area contributed by atoms with E-state index in [1.807, 2.05) is 0 Å². The van der Waals surface area contributed by atoms with Crippen molar-refractivity contribution >= 4 is 11.8 Å². The lowest BCUT2D eigenvalue weighted by Gasteiger charge is -2.13. The Balaban J connectivity index is 2.39. The molecule has 0 aliphatic carbocycles. The van der Waals surface area contributed by atoms with E-state index in [9.17, 15) is 8.78 Å². The van der Waals surface area contributed by atoms with Crippen LogP contribution in [0, 0.1) is 11.6 Å². The molecule has 0 unspecified atom stereocenters. The fraction of sp³-hybridized carbons (Fsp3) is 0.143. The molecule has 0 aliphatic rings. The van der Waals surface area contributed by atoms with Crippen LogP contribution in [-0.2, 0) is 0 Å². The number of hydrogen-bond acceptors (Lipinski definition) is 2. The maximum Gasteiger partial charge on any atom is 0.137 e. The molecule has 1 atom stereocenters. The van der Waals surface area contributed by atoms with Crippen LogP contribution in [0.1, 0.15) is 18.5 Å². The first-order chi connectivity index (χ1) is 8.58. The Hall–Kier alpha value is -1.39. The van der Waals surface area contributed by atoms with Gasteiger partial charge < -0.3 is 5.73 Å². The van der Waals surface area contributed by atoms with Crippen LogP contribution in [-0.4, -0.2) is 0 Å². The van der Waals surface area contributed by atoms with E-state index in [1.54, 1.807) is 31.2 Å². The van der Waals surface area contributed by atoms with Crippen molar-refractivity contribution in [2.75, 3.05) is 0 Å². The Labute approximate surface area is 109 Å². The Bertz CT molecular complexity index is 555. The minimum atomic E-state index is -0.335. The van der Waals surface area contributed by atoms with Gasteiger partial charge in [0.25, 0.3) is 0 Å². The van der Waals surface area contributed by atoms with Gasteiger partial charge in [0.05, 0.1) is 4.90 Å². The predicted molar refractivity (Wildman–Crippen MR) is 69.5 cm³/mol. The summed E-state index contributed by atoms with van der Waals surface area (Å²) in [6, 6.07) is 10.6. The number of hydrogen-bond donors (Lipinski definition) is 1. The van der Waals surface area contributed by atoms with Gasteiger partial charge in [-0.15, -0.1) is 0 Å². The van der Waals surface area contributed by atoms with Gasteiger partial charge in [0.1, 0.15) is 11.6 Å². The van der Waals surface area contributed by atoms with Gasteiger partial charge in [0.2, 0.25) is 0 Å². The van der Waals surface area contributed by atoms with Gasteiger partial charge in [-0.05, 0) is 36.8 Å². The molecule has 0 radical (unpaired) electrons. The standard InChI is InChI=1S/C14H13F2NS/c1-9(17)12-6-3-7-13(16)14(12)18-11-5-2-4-10(15)8-11/h2-9H,17H2,1H3/t9-/m0/s1. The van der Waals surface area contributed by atoms with Crippen molar-refractivity contribution in [3.05, 3.63) is 59.7 Å². The Morgan fingerprint density at radius 3 is 2.50 bits per heavy atom. The van der Waals surface area contributed by atoms with Crippen LogP contribution in [0.15, 0.2) is 52.3 Å². The number of rotatable bonds is 3. The molecule has 94 valence electrons. The highest BCUT2D eigenvalue weighted by Gasteiger charge is 2.13. The second-order valence-corrected chi connectivity index (χ2v) is 5.09. The van der Waals surface area contributed by atoms with Crippen LogP contribution < -0.4 is 5.73 Å². The molecule has 0 amide bonds.